The Morgan fingerprint density at radius 3 is 2.75 bits per heavy atom. The van der Waals surface area contributed by atoms with E-state index in [1.165, 1.54) is 7.11 Å². The summed E-state index contributed by atoms with van der Waals surface area (Å²) >= 11 is 0. The van der Waals surface area contributed by atoms with Crippen molar-refractivity contribution in [3.8, 4) is 17.1 Å². The van der Waals surface area contributed by atoms with Crippen molar-refractivity contribution in [3.05, 3.63) is 48.2 Å². The van der Waals surface area contributed by atoms with Gasteiger partial charge in [0.1, 0.15) is 10.6 Å². The highest BCUT2D eigenvalue weighted by molar-refractivity contribution is 7.89. The fraction of sp³-hybridized carbons (Fsp3) is 0.318. The smallest absolute Gasteiger partial charge is 0.244 e. The van der Waals surface area contributed by atoms with Crippen molar-refractivity contribution in [3.63, 3.8) is 0 Å². The Morgan fingerprint density at radius 1 is 1.19 bits per heavy atom. The van der Waals surface area contributed by atoms with Crippen molar-refractivity contribution in [2.75, 3.05) is 20.3 Å². The molecular formula is C22H23N5O4S. The fourth-order valence-corrected chi connectivity index (χ4v) is 5.29. The van der Waals surface area contributed by atoms with Crippen LogP contribution in [0.5, 0.6) is 5.75 Å². The minimum atomic E-state index is -3.83. The predicted molar refractivity (Wildman–Crippen MR) is 119 cm³/mol. The zero-order valence-electron chi connectivity index (χ0n) is 17.8. The van der Waals surface area contributed by atoms with Crippen molar-refractivity contribution in [1.29, 1.82) is 0 Å². The molecule has 1 saturated heterocycles. The van der Waals surface area contributed by atoms with E-state index in [9.17, 15) is 8.42 Å². The van der Waals surface area contributed by atoms with Gasteiger partial charge in [0.2, 0.25) is 10.0 Å². The summed E-state index contributed by atoms with van der Waals surface area (Å²) in [6.07, 6.45) is 1.66. The SMILES string of the molecule is COc1ccc(-c2nnc3c4ccccc4c(C)nn23)cc1S(=O)(=O)NCC1CCCO1. The highest BCUT2D eigenvalue weighted by Gasteiger charge is 2.25. The van der Waals surface area contributed by atoms with Crippen molar-refractivity contribution >= 4 is 26.4 Å². The Hall–Kier alpha value is -3.08. The van der Waals surface area contributed by atoms with Crippen LogP contribution in [0.3, 0.4) is 0 Å². The number of ether oxygens (including phenoxy) is 2. The first-order valence-electron chi connectivity index (χ1n) is 10.4. The van der Waals surface area contributed by atoms with Crippen LogP contribution < -0.4 is 9.46 Å². The van der Waals surface area contributed by atoms with Gasteiger partial charge in [-0.05, 0) is 38.0 Å². The number of rotatable bonds is 6. The van der Waals surface area contributed by atoms with E-state index in [0.717, 1.165) is 29.3 Å². The molecule has 166 valence electrons. The van der Waals surface area contributed by atoms with Crippen molar-refractivity contribution < 1.29 is 17.9 Å². The number of nitrogens with zero attached hydrogens (tertiary/aromatic N) is 4. The van der Waals surface area contributed by atoms with E-state index in [1.54, 1.807) is 22.7 Å². The molecule has 10 heteroatoms. The topological polar surface area (TPSA) is 108 Å². The molecule has 9 nitrogen and oxygen atoms in total. The standard InChI is InChI=1S/C22H23N5O4S/c1-14-17-7-3-4-8-18(17)22-25-24-21(27(22)26-14)15-9-10-19(30-2)20(12-15)32(28,29)23-13-16-6-5-11-31-16/h3-4,7-10,12,16,23H,5-6,11,13H2,1-2H3. The zero-order chi connectivity index (χ0) is 22.3. The normalized spacial score (nSPS) is 16.8. The quantitative estimate of drug-likeness (QED) is 0.478. The van der Waals surface area contributed by atoms with E-state index in [0.29, 0.717) is 23.6 Å². The van der Waals surface area contributed by atoms with Gasteiger partial charge in [0.15, 0.2) is 11.5 Å². The first-order chi connectivity index (χ1) is 15.5. The highest BCUT2D eigenvalue weighted by atomic mass is 32.2. The lowest BCUT2D eigenvalue weighted by Crippen LogP contribution is -2.32. The van der Waals surface area contributed by atoms with Gasteiger partial charge in [0.25, 0.3) is 0 Å². The number of benzene rings is 2. The average Bonchev–Trinajstić information content (AvgIpc) is 3.48. The van der Waals surface area contributed by atoms with E-state index < -0.39 is 10.0 Å². The predicted octanol–water partition coefficient (Wildman–Crippen LogP) is 2.72. The Bertz CT molecular complexity index is 1410. The number of fused-ring (bicyclic) bond motifs is 3. The third-order valence-electron chi connectivity index (χ3n) is 5.68. The summed E-state index contributed by atoms with van der Waals surface area (Å²) in [6, 6.07) is 12.8. The molecule has 0 amide bonds. The summed E-state index contributed by atoms with van der Waals surface area (Å²) in [6.45, 7) is 2.80. The van der Waals surface area contributed by atoms with Crippen LogP contribution in [-0.2, 0) is 14.8 Å². The second-order valence-corrected chi connectivity index (χ2v) is 9.48. The lowest BCUT2D eigenvalue weighted by molar-refractivity contribution is 0.114. The van der Waals surface area contributed by atoms with Gasteiger partial charge in [-0.3, -0.25) is 0 Å². The molecule has 2 aromatic carbocycles. The monoisotopic (exact) mass is 453 g/mol. The first kappa shape index (κ1) is 20.8. The van der Waals surface area contributed by atoms with Gasteiger partial charge in [0.05, 0.1) is 18.9 Å². The molecule has 0 bridgehead atoms. The highest BCUT2D eigenvalue weighted by Crippen LogP contribution is 2.30. The maximum Gasteiger partial charge on any atom is 0.244 e. The minimum absolute atomic E-state index is 0.0322. The van der Waals surface area contributed by atoms with Gasteiger partial charge in [-0.25, -0.2) is 13.1 Å². The van der Waals surface area contributed by atoms with Gasteiger partial charge in [-0.15, -0.1) is 10.2 Å². The molecule has 0 spiro atoms. The molecular weight excluding hydrogens is 430 g/mol. The Kier molecular flexibility index (Phi) is 5.28. The lowest BCUT2D eigenvalue weighted by atomic mass is 10.1. The van der Waals surface area contributed by atoms with Crippen LogP contribution in [0.25, 0.3) is 27.8 Å². The van der Waals surface area contributed by atoms with Crippen LogP contribution >= 0.6 is 0 Å². The molecule has 1 N–H and O–H groups in total. The van der Waals surface area contributed by atoms with Crippen LogP contribution in [-0.4, -0.2) is 54.6 Å². The zero-order valence-corrected chi connectivity index (χ0v) is 18.6. The molecule has 4 aromatic rings. The van der Waals surface area contributed by atoms with E-state index >= 15 is 0 Å². The van der Waals surface area contributed by atoms with E-state index in [2.05, 4.69) is 20.0 Å². The van der Waals surface area contributed by atoms with Gasteiger partial charge in [0, 0.05) is 29.5 Å². The third-order valence-corrected chi connectivity index (χ3v) is 7.13. The summed E-state index contributed by atoms with van der Waals surface area (Å²) in [4.78, 5) is 0.0322. The molecule has 1 fully saturated rings. The maximum atomic E-state index is 13.1. The van der Waals surface area contributed by atoms with Crippen LogP contribution in [0.4, 0.5) is 0 Å². The molecule has 0 radical (unpaired) electrons. The molecule has 32 heavy (non-hydrogen) atoms. The van der Waals surface area contributed by atoms with Crippen molar-refractivity contribution in [1.82, 2.24) is 24.5 Å². The Morgan fingerprint density at radius 2 is 2.00 bits per heavy atom. The minimum Gasteiger partial charge on any atom is -0.495 e. The van der Waals surface area contributed by atoms with Crippen LogP contribution in [0.15, 0.2) is 47.4 Å². The Labute approximate surface area is 185 Å². The second kappa shape index (κ2) is 8.12. The molecule has 2 aromatic heterocycles. The van der Waals surface area contributed by atoms with Crippen molar-refractivity contribution in [2.45, 2.75) is 30.8 Å². The molecule has 0 saturated carbocycles. The number of aromatic nitrogens is 4. The summed E-state index contributed by atoms with van der Waals surface area (Å²) in [5, 5.41) is 15.2. The summed E-state index contributed by atoms with van der Waals surface area (Å²) in [7, 11) is -2.39. The third kappa shape index (κ3) is 3.60. The average molecular weight is 454 g/mol. The molecule has 1 aliphatic rings. The van der Waals surface area contributed by atoms with E-state index in [-0.39, 0.29) is 23.3 Å². The van der Waals surface area contributed by atoms with Gasteiger partial charge < -0.3 is 9.47 Å². The summed E-state index contributed by atoms with van der Waals surface area (Å²) < 4.78 is 41.3. The summed E-state index contributed by atoms with van der Waals surface area (Å²) in [5.74, 6) is 0.698. The van der Waals surface area contributed by atoms with E-state index in [4.69, 9.17) is 9.47 Å². The number of hydrogen-bond acceptors (Lipinski definition) is 7. The maximum absolute atomic E-state index is 13.1. The molecule has 3 heterocycles. The molecule has 1 aliphatic heterocycles. The number of hydrogen-bond donors (Lipinski definition) is 1. The fourth-order valence-electron chi connectivity index (χ4n) is 4.03. The largest absolute Gasteiger partial charge is 0.495 e. The summed E-state index contributed by atoms with van der Waals surface area (Å²) in [5.41, 5.74) is 2.00. The number of nitrogens with one attached hydrogen (secondary N) is 1. The van der Waals surface area contributed by atoms with E-state index in [1.807, 2.05) is 31.2 Å². The van der Waals surface area contributed by atoms with Crippen LogP contribution in [0.1, 0.15) is 18.5 Å². The molecule has 1 atom stereocenters. The molecule has 5 rings (SSSR count). The van der Waals surface area contributed by atoms with Crippen LogP contribution in [0, 0.1) is 6.92 Å². The van der Waals surface area contributed by atoms with Gasteiger partial charge in [-0.2, -0.15) is 9.61 Å². The first-order valence-corrected chi connectivity index (χ1v) is 11.9. The number of aryl methyl sites for hydroxylation is 1. The van der Waals surface area contributed by atoms with Gasteiger partial charge in [-0.1, -0.05) is 24.3 Å². The van der Waals surface area contributed by atoms with Gasteiger partial charge >= 0.3 is 0 Å². The number of methoxy groups -OCH3 is 1. The lowest BCUT2D eigenvalue weighted by Gasteiger charge is -2.14. The number of sulfonamides is 1. The van der Waals surface area contributed by atoms with Crippen molar-refractivity contribution in [2.24, 2.45) is 0 Å². The second-order valence-electron chi connectivity index (χ2n) is 7.74. The molecule has 0 aliphatic carbocycles. The van der Waals surface area contributed by atoms with Crippen LogP contribution in [0.2, 0.25) is 0 Å². The Balaban J connectivity index is 1.58. The molecule has 1 unspecified atom stereocenters.